The molecule has 1 aromatic carbocycles. The van der Waals surface area contributed by atoms with Crippen molar-refractivity contribution >= 4 is 29.5 Å². The van der Waals surface area contributed by atoms with Gasteiger partial charge in [0.2, 0.25) is 11.8 Å². The van der Waals surface area contributed by atoms with Crippen molar-refractivity contribution in [2.24, 2.45) is 17.8 Å². The first-order chi connectivity index (χ1) is 15.3. The van der Waals surface area contributed by atoms with E-state index in [9.17, 15) is 19.5 Å². The van der Waals surface area contributed by atoms with E-state index in [2.05, 4.69) is 12.2 Å². The van der Waals surface area contributed by atoms with Crippen LogP contribution in [0.4, 0.5) is 0 Å². The molecule has 1 aromatic rings. The number of aliphatic hydroxyl groups is 1. The van der Waals surface area contributed by atoms with Gasteiger partial charge in [-0.15, -0.1) is 11.8 Å². The standard InChI is InChI=1S/C24H32N2O5S/c1-5-31-23(30)18-17-11-14(4)24(32-17)19(18)22(29)26(20(24)21(28)25-13(2)3)16(12-27)15-9-7-6-8-10-15/h6-10,13-14,16-20,27H,5,11-12H2,1-4H3,(H,25,28)/t14?,16-,17-,18+,19+,20?,24?/m1/s1. The summed E-state index contributed by atoms with van der Waals surface area (Å²) in [5.74, 6) is -1.97. The predicted molar refractivity (Wildman–Crippen MR) is 122 cm³/mol. The Morgan fingerprint density at radius 2 is 2.00 bits per heavy atom. The highest BCUT2D eigenvalue weighted by Gasteiger charge is 2.76. The lowest BCUT2D eigenvalue weighted by atomic mass is 9.66. The first-order valence-corrected chi connectivity index (χ1v) is 12.3. The largest absolute Gasteiger partial charge is 0.466 e. The number of carbonyl (C=O) groups excluding carboxylic acids is 3. The molecule has 2 N–H and O–H groups in total. The summed E-state index contributed by atoms with van der Waals surface area (Å²) >= 11 is 1.61. The Kier molecular flexibility index (Phi) is 6.29. The number of rotatable bonds is 7. The van der Waals surface area contributed by atoms with E-state index in [-0.39, 0.29) is 48.2 Å². The number of likely N-dealkylation sites (tertiary alicyclic amines) is 1. The van der Waals surface area contributed by atoms with E-state index in [0.717, 1.165) is 12.0 Å². The highest BCUT2D eigenvalue weighted by atomic mass is 32.2. The highest BCUT2D eigenvalue weighted by molar-refractivity contribution is 8.02. The van der Waals surface area contributed by atoms with Crippen LogP contribution in [0.1, 0.15) is 45.7 Å². The second-order valence-electron chi connectivity index (χ2n) is 9.32. The summed E-state index contributed by atoms with van der Waals surface area (Å²) in [7, 11) is 0. The van der Waals surface area contributed by atoms with Gasteiger partial charge in [0, 0.05) is 11.3 Å². The molecule has 32 heavy (non-hydrogen) atoms. The van der Waals surface area contributed by atoms with Gasteiger partial charge in [-0.2, -0.15) is 0 Å². The Bertz CT molecular complexity index is 894. The summed E-state index contributed by atoms with van der Waals surface area (Å²) in [4.78, 5) is 42.1. The molecule has 0 aliphatic carbocycles. The van der Waals surface area contributed by atoms with Gasteiger partial charge in [-0.1, -0.05) is 37.3 Å². The van der Waals surface area contributed by atoms with Gasteiger partial charge in [-0.25, -0.2) is 0 Å². The molecular formula is C24H32N2O5S. The number of carbonyl (C=O) groups is 3. The van der Waals surface area contributed by atoms with Gasteiger partial charge in [-0.05, 0) is 38.7 Å². The Balaban J connectivity index is 1.84. The van der Waals surface area contributed by atoms with Crippen molar-refractivity contribution in [3.8, 4) is 0 Å². The van der Waals surface area contributed by atoms with Crippen molar-refractivity contribution < 1.29 is 24.2 Å². The maximum atomic E-state index is 14.0. The van der Waals surface area contributed by atoms with E-state index >= 15 is 0 Å². The number of amides is 2. The van der Waals surface area contributed by atoms with E-state index in [4.69, 9.17) is 4.74 Å². The zero-order valence-electron chi connectivity index (χ0n) is 19.0. The van der Waals surface area contributed by atoms with E-state index in [1.807, 2.05) is 44.2 Å². The number of hydrogen-bond donors (Lipinski definition) is 2. The molecule has 3 heterocycles. The van der Waals surface area contributed by atoms with Crippen LogP contribution in [-0.4, -0.2) is 63.1 Å². The first kappa shape index (κ1) is 23.1. The lowest BCUT2D eigenvalue weighted by molar-refractivity contribution is -0.154. The fourth-order valence-electron chi connectivity index (χ4n) is 5.99. The van der Waals surface area contributed by atoms with Crippen molar-refractivity contribution in [2.75, 3.05) is 13.2 Å². The predicted octanol–water partition coefficient (Wildman–Crippen LogP) is 2.14. The summed E-state index contributed by atoms with van der Waals surface area (Å²) in [5.41, 5.74) is 0.766. The molecule has 8 heteroatoms. The number of ether oxygens (including phenoxy) is 1. The fraction of sp³-hybridized carbons (Fsp3) is 0.625. The van der Waals surface area contributed by atoms with Gasteiger partial charge in [-0.3, -0.25) is 14.4 Å². The maximum absolute atomic E-state index is 14.0. The molecule has 3 aliphatic rings. The molecule has 7 nitrogen and oxygen atoms in total. The molecule has 2 amide bonds. The van der Waals surface area contributed by atoms with Crippen LogP contribution in [-0.2, 0) is 19.1 Å². The third kappa shape index (κ3) is 3.34. The molecule has 0 radical (unpaired) electrons. The van der Waals surface area contributed by atoms with Crippen LogP contribution in [0.2, 0.25) is 0 Å². The summed E-state index contributed by atoms with van der Waals surface area (Å²) in [6, 6.07) is 7.75. The summed E-state index contributed by atoms with van der Waals surface area (Å²) in [6.45, 7) is 7.55. The normalized spacial score (nSPS) is 34.0. The van der Waals surface area contributed by atoms with Crippen molar-refractivity contribution in [1.29, 1.82) is 0 Å². The van der Waals surface area contributed by atoms with E-state index in [1.54, 1.807) is 23.6 Å². The monoisotopic (exact) mass is 460 g/mol. The minimum Gasteiger partial charge on any atom is -0.466 e. The van der Waals surface area contributed by atoms with Crippen molar-refractivity contribution in [2.45, 2.75) is 62.2 Å². The van der Waals surface area contributed by atoms with E-state index < -0.39 is 28.7 Å². The third-order valence-electron chi connectivity index (χ3n) is 7.11. The molecule has 7 atom stereocenters. The highest BCUT2D eigenvalue weighted by Crippen LogP contribution is 2.69. The quantitative estimate of drug-likeness (QED) is 0.606. The Morgan fingerprint density at radius 1 is 1.31 bits per heavy atom. The molecule has 1 spiro atoms. The van der Waals surface area contributed by atoms with Crippen LogP contribution in [0.3, 0.4) is 0 Å². The Labute approximate surface area is 193 Å². The van der Waals surface area contributed by atoms with Gasteiger partial charge >= 0.3 is 5.97 Å². The van der Waals surface area contributed by atoms with Crippen molar-refractivity contribution in [3.05, 3.63) is 35.9 Å². The number of thioether (sulfide) groups is 1. The molecule has 174 valence electrons. The number of benzene rings is 1. The van der Waals surface area contributed by atoms with Gasteiger partial charge < -0.3 is 20.1 Å². The molecule has 4 rings (SSSR count). The lowest BCUT2D eigenvalue weighted by Crippen LogP contribution is -2.57. The summed E-state index contributed by atoms with van der Waals surface area (Å²) < 4.78 is 4.64. The van der Waals surface area contributed by atoms with Crippen LogP contribution in [0.5, 0.6) is 0 Å². The Hall–Kier alpha value is -2.06. The van der Waals surface area contributed by atoms with Crippen LogP contribution in [0.15, 0.2) is 30.3 Å². The van der Waals surface area contributed by atoms with Crippen LogP contribution in [0.25, 0.3) is 0 Å². The number of nitrogens with zero attached hydrogens (tertiary/aromatic N) is 1. The fourth-order valence-corrected chi connectivity index (χ4v) is 8.39. The first-order valence-electron chi connectivity index (χ1n) is 11.4. The average Bonchev–Trinajstić information content (AvgIpc) is 3.33. The molecule has 3 aliphatic heterocycles. The van der Waals surface area contributed by atoms with Crippen LogP contribution < -0.4 is 5.32 Å². The molecule has 3 fully saturated rings. The zero-order valence-corrected chi connectivity index (χ0v) is 19.8. The average molecular weight is 461 g/mol. The second-order valence-corrected chi connectivity index (χ2v) is 10.9. The topological polar surface area (TPSA) is 95.9 Å². The smallest absolute Gasteiger partial charge is 0.310 e. The number of hydrogen-bond acceptors (Lipinski definition) is 6. The summed E-state index contributed by atoms with van der Waals surface area (Å²) in [6.07, 6.45) is 0.756. The van der Waals surface area contributed by atoms with Crippen LogP contribution >= 0.6 is 11.8 Å². The minimum atomic E-state index is -0.774. The number of aliphatic hydroxyl groups excluding tert-OH is 1. The van der Waals surface area contributed by atoms with Gasteiger partial charge in [0.05, 0.1) is 35.8 Å². The number of fused-ring (bicyclic) bond motifs is 1. The van der Waals surface area contributed by atoms with Gasteiger partial charge in [0.1, 0.15) is 6.04 Å². The molecular weight excluding hydrogens is 428 g/mol. The SMILES string of the molecule is CCOC(=O)[C@@H]1[C@H]2C(=O)N([C@H](CO)c3ccccc3)C(C(=O)NC(C)C)C23S[C@@H]1CC3C. The van der Waals surface area contributed by atoms with E-state index in [1.165, 1.54) is 0 Å². The van der Waals surface area contributed by atoms with E-state index in [0.29, 0.717) is 0 Å². The van der Waals surface area contributed by atoms with Crippen molar-refractivity contribution in [3.63, 3.8) is 0 Å². The van der Waals surface area contributed by atoms with Gasteiger partial charge in [0.25, 0.3) is 0 Å². The number of esters is 1. The number of nitrogens with one attached hydrogen (secondary N) is 1. The lowest BCUT2D eigenvalue weighted by Gasteiger charge is -2.40. The molecule has 0 saturated carbocycles. The molecule has 0 aromatic heterocycles. The maximum Gasteiger partial charge on any atom is 0.310 e. The molecule has 2 bridgehead atoms. The van der Waals surface area contributed by atoms with Gasteiger partial charge in [0.15, 0.2) is 0 Å². The van der Waals surface area contributed by atoms with Crippen LogP contribution in [0, 0.1) is 17.8 Å². The third-order valence-corrected chi connectivity index (χ3v) is 9.19. The van der Waals surface area contributed by atoms with Crippen molar-refractivity contribution in [1.82, 2.24) is 10.2 Å². The summed E-state index contributed by atoms with van der Waals surface area (Å²) in [5, 5.41) is 13.3. The zero-order chi connectivity index (χ0) is 23.2. The second kappa shape index (κ2) is 8.71. The minimum absolute atomic E-state index is 0.0428. The Morgan fingerprint density at radius 3 is 2.59 bits per heavy atom. The molecule has 3 unspecified atom stereocenters. The molecule has 3 saturated heterocycles.